The van der Waals surface area contributed by atoms with Gasteiger partial charge in [-0.25, -0.2) is 0 Å². The van der Waals surface area contributed by atoms with Gasteiger partial charge in [-0.1, -0.05) is 36.4 Å². The fourth-order valence-corrected chi connectivity index (χ4v) is 2.02. The minimum Gasteiger partial charge on any atom is -0.484 e. The third-order valence-electron chi connectivity index (χ3n) is 3.14. The Bertz CT molecular complexity index is 754. The van der Waals surface area contributed by atoms with Crippen molar-refractivity contribution in [1.29, 1.82) is 0 Å². The third kappa shape index (κ3) is 6.60. The standard InChI is InChI=1S/C17H16F3N3O2S/c18-17(19,20)13-7-4-8-14(9-13)25-11-15(24)22-23-16(26)21-10-12-5-2-1-3-6-12/h1-9H,10-11H2,(H,22,24)(H2,21,23,26). The molecular weight excluding hydrogens is 367 g/mol. The van der Waals surface area contributed by atoms with E-state index in [0.717, 1.165) is 17.7 Å². The molecule has 0 aliphatic rings. The monoisotopic (exact) mass is 383 g/mol. The second-order valence-electron chi connectivity index (χ2n) is 5.16. The number of thiocarbonyl (C=S) groups is 1. The average molecular weight is 383 g/mol. The topological polar surface area (TPSA) is 62.4 Å². The Hall–Kier alpha value is -2.81. The molecule has 0 unspecified atom stereocenters. The zero-order valence-electron chi connectivity index (χ0n) is 13.5. The molecule has 0 bridgehead atoms. The van der Waals surface area contributed by atoms with Gasteiger partial charge in [0, 0.05) is 6.54 Å². The summed E-state index contributed by atoms with van der Waals surface area (Å²) in [5.41, 5.74) is 4.94. The van der Waals surface area contributed by atoms with Gasteiger partial charge in [0.15, 0.2) is 11.7 Å². The van der Waals surface area contributed by atoms with Crippen molar-refractivity contribution in [1.82, 2.24) is 16.2 Å². The smallest absolute Gasteiger partial charge is 0.416 e. The summed E-state index contributed by atoms with van der Waals surface area (Å²) in [4.78, 5) is 11.7. The molecule has 0 saturated heterocycles. The van der Waals surface area contributed by atoms with E-state index in [-0.39, 0.29) is 10.9 Å². The van der Waals surface area contributed by atoms with Crippen LogP contribution < -0.4 is 20.9 Å². The highest BCUT2D eigenvalue weighted by Gasteiger charge is 2.30. The predicted octanol–water partition coefficient (Wildman–Crippen LogP) is 2.78. The molecule has 1 amide bonds. The van der Waals surface area contributed by atoms with Gasteiger partial charge < -0.3 is 10.1 Å². The molecule has 5 nitrogen and oxygen atoms in total. The fourth-order valence-electron chi connectivity index (χ4n) is 1.90. The van der Waals surface area contributed by atoms with E-state index in [1.165, 1.54) is 12.1 Å². The lowest BCUT2D eigenvalue weighted by molar-refractivity contribution is -0.137. The molecule has 3 N–H and O–H groups in total. The Kier molecular flexibility index (Phi) is 6.79. The van der Waals surface area contributed by atoms with E-state index in [9.17, 15) is 18.0 Å². The molecule has 9 heteroatoms. The second-order valence-corrected chi connectivity index (χ2v) is 5.56. The van der Waals surface area contributed by atoms with Crippen molar-refractivity contribution >= 4 is 23.2 Å². The molecule has 0 saturated carbocycles. The largest absolute Gasteiger partial charge is 0.484 e. The summed E-state index contributed by atoms with van der Waals surface area (Å²) < 4.78 is 42.9. The summed E-state index contributed by atoms with van der Waals surface area (Å²) in [5.74, 6) is -0.647. The molecule has 0 aliphatic heterocycles. The molecular formula is C17H16F3N3O2S. The van der Waals surface area contributed by atoms with Gasteiger partial charge in [0.05, 0.1) is 5.56 Å². The fraction of sp³-hybridized carbons (Fsp3) is 0.176. The van der Waals surface area contributed by atoms with Crippen LogP contribution in [0.1, 0.15) is 11.1 Å². The molecule has 0 fully saturated rings. The molecule has 0 radical (unpaired) electrons. The van der Waals surface area contributed by atoms with Crippen LogP contribution in [0.4, 0.5) is 13.2 Å². The lowest BCUT2D eigenvalue weighted by Crippen LogP contribution is -2.48. The second kappa shape index (κ2) is 9.04. The first kappa shape index (κ1) is 19.5. The summed E-state index contributed by atoms with van der Waals surface area (Å²) in [6.45, 7) is 0.0128. The van der Waals surface area contributed by atoms with Gasteiger partial charge >= 0.3 is 6.18 Å². The van der Waals surface area contributed by atoms with Gasteiger partial charge in [-0.05, 0) is 36.0 Å². The van der Waals surface area contributed by atoms with E-state index in [4.69, 9.17) is 17.0 Å². The molecule has 0 heterocycles. The van der Waals surface area contributed by atoms with Crippen molar-refractivity contribution in [2.45, 2.75) is 12.7 Å². The molecule has 2 rings (SSSR count). The number of halogens is 3. The van der Waals surface area contributed by atoms with Crippen LogP contribution in [0.2, 0.25) is 0 Å². The van der Waals surface area contributed by atoms with Crippen LogP contribution >= 0.6 is 12.2 Å². The number of amides is 1. The summed E-state index contributed by atoms with van der Waals surface area (Å²) >= 11 is 5.00. The maximum absolute atomic E-state index is 12.6. The summed E-state index contributed by atoms with van der Waals surface area (Å²) in [5, 5.41) is 3.09. The van der Waals surface area contributed by atoms with Gasteiger partial charge in [0.1, 0.15) is 5.75 Å². The Balaban J connectivity index is 1.71. The SMILES string of the molecule is O=C(COc1cccc(C(F)(F)F)c1)NNC(=S)NCc1ccccc1. The Morgan fingerprint density at radius 2 is 1.77 bits per heavy atom. The molecule has 2 aromatic rings. The lowest BCUT2D eigenvalue weighted by Gasteiger charge is -2.13. The maximum atomic E-state index is 12.6. The van der Waals surface area contributed by atoms with Crippen molar-refractivity contribution in [3.8, 4) is 5.75 Å². The lowest BCUT2D eigenvalue weighted by atomic mass is 10.2. The van der Waals surface area contributed by atoms with E-state index in [1.54, 1.807) is 0 Å². The number of carbonyl (C=O) groups is 1. The van der Waals surface area contributed by atoms with Crippen LogP contribution in [-0.2, 0) is 17.5 Å². The number of hydrazine groups is 1. The first-order chi connectivity index (χ1) is 12.3. The summed E-state index contributed by atoms with van der Waals surface area (Å²) in [6.07, 6.45) is -4.47. The molecule has 0 spiro atoms. The van der Waals surface area contributed by atoms with Crippen LogP contribution in [0.15, 0.2) is 54.6 Å². The van der Waals surface area contributed by atoms with Crippen LogP contribution in [0.5, 0.6) is 5.75 Å². The first-order valence-corrected chi connectivity index (χ1v) is 7.92. The highest BCUT2D eigenvalue weighted by Crippen LogP contribution is 2.31. The molecule has 2 aromatic carbocycles. The first-order valence-electron chi connectivity index (χ1n) is 7.51. The normalized spacial score (nSPS) is 10.7. The minimum absolute atomic E-state index is 0.0558. The Labute approximate surface area is 153 Å². The van der Waals surface area contributed by atoms with Gasteiger partial charge in [-0.3, -0.25) is 15.6 Å². The number of rotatable bonds is 5. The number of hydrogen-bond acceptors (Lipinski definition) is 3. The van der Waals surface area contributed by atoms with Crippen molar-refractivity contribution in [3.05, 3.63) is 65.7 Å². The van der Waals surface area contributed by atoms with Gasteiger partial charge in [-0.15, -0.1) is 0 Å². The van der Waals surface area contributed by atoms with Crippen LogP contribution in [0.25, 0.3) is 0 Å². The zero-order valence-corrected chi connectivity index (χ0v) is 14.3. The van der Waals surface area contributed by atoms with Gasteiger partial charge in [-0.2, -0.15) is 13.2 Å². The average Bonchev–Trinajstić information content (AvgIpc) is 2.63. The molecule has 0 aliphatic carbocycles. The number of benzene rings is 2. The van der Waals surface area contributed by atoms with Crippen LogP contribution in [-0.4, -0.2) is 17.6 Å². The zero-order chi connectivity index (χ0) is 19.0. The minimum atomic E-state index is -4.47. The van der Waals surface area contributed by atoms with Crippen LogP contribution in [0, 0.1) is 0 Å². The highest BCUT2D eigenvalue weighted by molar-refractivity contribution is 7.80. The number of carbonyl (C=O) groups excluding carboxylic acids is 1. The molecule has 138 valence electrons. The predicted molar refractivity (Wildman–Crippen MR) is 94.1 cm³/mol. The number of nitrogens with one attached hydrogen (secondary N) is 3. The van der Waals surface area contributed by atoms with Crippen LogP contribution in [0.3, 0.4) is 0 Å². The Morgan fingerprint density at radius 1 is 1.04 bits per heavy atom. The third-order valence-corrected chi connectivity index (χ3v) is 3.39. The van der Waals surface area contributed by atoms with E-state index in [0.29, 0.717) is 6.54 Å². The van der Waals surface area contributed by atoms with E-state index in [2.05, 4.69) is 16.2 Å². The van der Waals surface area contributed by atoms with E-state index < -0.39 is 24.3 Å². The van der Waals surface area contributed by atoms with Crippen molar-refractivity contribution in [2.24, 2.45) is 0 Å². The van der Waals surface area contributed by atoms with Crippen molar-refractivity contribution < 1.29 is 22.7 Å². The summed E-state index contributed by atoms with van der Waals surface area (Å²) in [6, 6.07) is 13.8. The molecule has 0 atom stereocenters. The molecule has 26 heavy (non-hydrogen) atoms. The van der Waals surface area contributed by atoms with Crippen molar-refractivity contribution in [3.63, 3.8) is 0 Å². The van der Waals surface area contributed by atoms with E-state index >= 15 is 0 Å². The quantitative estimate of drug-likeness (QED) is 0.548. The molecule has 0 aromatic heterocycles. The summed E-state index contributed by atoms with van der Waals surface area (Å²) in [7, 11) is 0. The van der Waals surface area contributed by atoms with Gasteiger partial charge in [0.2, 0.25) is 0 Å². The van der Waals surface area contributed by atoms with Gasteiger partial charge in [0.25, 0.3) is 5.91 Å². The number of ether oxygens (including phenoxy) is 1. The van der Waals surface area contributed by atoms with E-state index in [1.807, 2.05) is 30.3 Å². The maximum Gasteiger partial charge on any atom is 0.416 e. The van der Waals surface area contributed by atoms with Crippen molar-refractivity contribution in [2.75, 3.05) is 6.61 Å². The highest BCUT2D eigenvalue weighted by atomic mass is 32.1. The number of hydrogen-bond donors (Lipinski definition) is 3. The Morgan fingerprint density at radius 3 is 2.46 bits per heavy atom. The number of alkyl halides is 3.